The van der Waals surface area contributed by atoms with Gasteiger partial charge in [0, 0.05) is 27.6 Å². The number of nitrogens with zero attached hydrogens (tertiary/aromatic N) is 2. The lowest BCUT2D eigenvalue weighted by atomic mass is 9.85. The van der Waals surface area contributed by atoms with Gasteiger partial charge in [-0.3, -0.25) is 0 Å². The zero-order valence-corrected chi connectivity index (χ0v) is 24.2. The third-order valence-corrected chi connectivity index (χ3v) is 9.24. The normalized spacial score (nSPS) is 16.4. The first-order valence-corrected chi connectivity index (χ1v) is 14.5. The maximum Gasteiger partial charge on any atom is 0.0548 e. The second kappa shape index (κ2) is 8.11. The van der Waals surface area contributed by atoms with Crippen LogP contribution in [0.3, 0.4) is 0 Å². The average Bonchev–Trinajstić information content (AvgIpc) is 2.91. The second-order valence-electron chi connectivity index (χ2n) is 12.2. The smallest absolute Gasteiger partial charge is 0.0548 e. The van der Waals surface area contributed by atoms with E-state index in [1.807, 2.05) is 0 Å². The Balaban J connectivity index is 1.68. The monoisotopic (exact) mass is 518 g/mol. The minimum atomic E-state index is 0.569. The Morgan fingerprint density at radius 2 is 1.18 bits per heavy atom. The first-order chi connectivity index (χ1) is 19.3. The van der Waals surface area contributed by atoms with Crippen LogP contribution in [0.15, 0.2) is 90.0 Å². The highest BCUT2D eigenvalue weighted by atomic mass is 15.0. The SMILES string of the molecule is CC1=CC(C)CC(C)=C1n1c2ccc3cccc4c3c2-c2c3c(cccc31)ccc2n4-c1c(C)cc(C)cc1C. The molecule has 2 nitrogen and oxygen atoms in total. The van der Waals surface area contributed by atoms with Crippen molar-refractivity contribution in [3.63, 3.8) is 0 Å². The van der Waals surface area contributed by atoms with Gasteiger partial charge in [-0.1, -0.05) is 67.1 Å². The molecule has 2 heterocycles. The molecule has 0 aromatic heterocycles. The maximum absolute atomic E-state index is 2.58. The van der Waals surface area contributed by atoms with E-state index in [2.05, 4.69) is 130 Å². The lowest BCUT2D eigenvalue weighted by Crippen LogP contribution is -2.14. The zero-order chi connectivity index (χ0) is 27.4. The van der Waals surface area contributed by atoms with Gasteiger partial charge in [0.25, 0.3) is 0 Å². The highest BCUT2D eigenvalue weighted by Crippen LogP contribution is 2.50. The van der Waals surface area contributed by atoms with Crippen LogP contribution in [0.5, 0.6) is 0 Å². The summed E-state index contributed by atoms with van der Waals surface area (Å²) in [7, 11) is 0. The summed E-state index contributed by atoms with van der Waals surface area (Å²) < 4.78 is 5.12. The van der Waals surface area contributed by atoms with E-state index in [9.17, 15) is 0 Å². The molecule has 0 saturated carbocycles. The fourth-order valence-corrected chi connectivity index (χ4v) is 8.06. The molecule has 1 atom stereocenters. The van der Waals surface area contributed by atoms with Crippen LogP contribution in [0, 0.1) is 26.7 Å². The zero-order valence-electron chi connectivity index (χ0n) is 24.2. The van der Waals surface area contributed by atoms with Crippen molar-refractivity contribution in [2.45, 2.75) is 48.0 Å². The third kappa shape index (κ3) is 2.99. The van der Waals surface area contributed by atoms with Crippen LogP contribution >= 0.6 is 0 Å². The number of aryl methyl sites for hydroxylation is 3. The van der Waals surface area contributed by atoms with Gasteiger partial charge in [0.05, 0.1) is 27.8 Å². The number of rotatable bonds is 2. The molecule has 196 valence electrons. The second-order valence-corrected chi connectivity index (χ2v) is 12.2. The van der Waals surface area contributed by atoms with Crippen molar-refractivity contribution in [3.8, 4) is 16.8 Å². The van der Waals surface area contributed by atoms with Gasteiger partial charge >= 0.3 is 0 Å². The largest absolute Gasteiger partial charge is 0.309 e. The molecule has 3 aliphatic rings. The van der Waals surface area contributed by atoms with Gasteiger partial charge in [-0.2, -0.15) is 0 Å². The van der Waals surface area contributed by atoms with E-state index < -0.39 is 0 Å². The topological polar surface area (TPSA) is 9.86 Å². The molecular weight excluding hydrogens is 484 g/mol. The van der Waals surface area contributed by atoms with Crippen LogP contribution in [-0.4, -0.2) is 9.13 Å². The van der Waals surface area contributed by atoms with Crippen LogP contribution in [-0.2, 0) is 0 Å². The average molecular weight is 519 g/mol. The van der Waals surface area contributed by atoms with Gasteiger partial charge in [0.1, 0.15) is 0 Å². The summed E-state index contributed by atoms with van der Waals surface area (Å²) in [6, 6.07) is 27.7. The molecule has 5 aromatic carbocycles. The lowest BCUT2D eigenvalue weighted by molar-refractivity contribution is 0.698. The van der Waals surface area contributed by atoms with E-state index in [4.69, 9.17) is 0 Å². The minimum absolute atomic E-state index is 0.569. The van der Waals surface area contributed by atoms with Gasteiger partial charge in [-0.25, -0.2) is 0 Å². The van der Waals surface area contributed by atoms with Crippen LogP contribution in [0.2, 0.25) is 0 Å². The van der Waals surface area contributed by atoms with E-state index in [0.29, 0.717) is 5.92 Å². The molecule has 1 unspecified atom stereocenters. The molecule has 5 aromatic rings. The van der Waals surface area contributed by atoms with Crippen molar-refractivity contribution in [3.05, 3.63) is 107 Å². The highest BCUT2D eigenvalue weighted by molar-refractivity contribution is 6.26. The molecule has 0 spiro atoms. The Morgan fingerprint density at radius 3 is 1.75 bits per heavy atom. The summed E-state index contributed by atoms with van der Waals surface area (Å²) in [6.45, 7) is 13.7. The number of aromatic nitrogens is 2. The van der Waals surface area contributed by atoms with Gasteiger partial charge in [0.15, 0.2) is 0 Å². The quantitative estimate of drug-likeness (QED) is 0.159. The van der Waals surface area contributed by atoms with Gasteiger partial charge in [0.2, 0.25) is 0 Å². The van der Waals surface area contributed by atoms with Gasteiger partial charge in [-0.15, -0.1) is 0 Å². The molecule has 40 heavy (non-hydrogen) atoms. The Kier molecular flexibility index (Phi) is 4.78. The summed E-state index contributed by atoms with van der Waals surface area (Å²) >= 11 is 0. The Hall–Kier alpha value is -4.30. The van der Waals surface area contributed by atoms with E-state index in [1.165, 1.54) is 94.0 Å². The fourth-order valence-electron chi connectivity index (χ4n) is 8.06. The Morgan fingerprint density at radius 1 is 0.625 bits per heavy atom. The summed E-state index contributed by atoms with van der Waals surface area (Å²) in [5, 5.41) is 5.29. The number of hydrogen-bond acceptors (Lipinski definition) is 0. The minimum Gasteiger partial charge on any atom is -0.309 e. The van der Waals surface area contributed by atoms with E-state index >= 15 is 0 Å². The van der Waals surface area contributed by atoms with Crippen molar-refractivity contribution in [2.24, 2.45) is 5.92 Å². The van der Waals surface area contributed by atoms with Gasteiger partial charge < -0.3 is 9.13 Å². The molecule has 0 bridgehead atoms. The maximum atomic E-state index is 2.58. The van der Waals surface area contributed by atoms with Crippen molar-refractivity contribution < 1.29 is 0 Å². The lowest BCUT2D eigenvalue weighted by Gasteiger charge is -2.32. The molecule has 2 heteroatoms. The van der Waals surface area contributed by atoms with Crippen molar-refractivity contribution in [1.82, 2.24) is 9.13 Å². The molecule has 0 amide bonds. The molecule has 0 N–H and O–H groups in total. The predicted octanol–water partition coefficient (Wildman–Crippen LogP) is 10.6. The number of hydrogen-bond donors (Lipinski definition) is 0. The number of benzene rings is 5. The molecule has 8 rings (SSSR count). The first-order valence-electron chi connectivity index (χ1n) is 14.5. The molecule has 2 aliphatic heterocycles. The number of pyridine rings is 2. The summed E-state index contributed by atoms with van der Waals surface area (Å²) in [6.07, 6.45) is 3.55. The molecular formula is C38H34N2. The Bertz CT molecular complexity index is 2170. The molecule has 0 radical (unpaired) electrons. The van der Waals surface area contributed by atoms with Gasteiger partial charge in [-0.05, 0) is 104 Å². The van der Waals surface area contributed by atoms with Crippen LogP contribution in [0.4, 0.5) is 0 Å². The van der Waals surface area contributed by atoms with E-state index in [0.717, 1.165) is 6.42 Å². The fraction of sp³-hybridized carbons (Fsp3) is 0.211. The third-order valence-electron chi connectivity index (χ3n) is 9.24. The van der Waals surface area contributed by atoms with Crippen LogP contribution in [0.1, 0.15) is 43.9 Å². The standard InChI is InChI=1S/C38H34N2/c1-21-17-23(3)37(24(4)18-21)39-29-11-7-9-27-14-16-32-36(33(27)29)35-31(39)15-13-28-10-8-12-30(34(28)35)40(32)38-25(5)19-22(2)20-26(38)6/h7-19,22H,20H2,1-6H3. The Labute approximate surface area is 235 Å². The molecule has 0 fully saturated rings. The molecule has 0 saturated heterocycles. The van der Waals surface area contributed by atoms with Crippen LogP contribution in [0.25, 0.3) is 66.1 Å². The summed E-state index contributed by atoms with van der Waals surface area (Å²) in [5.41, 5.74) is 17.3. The number of allylic oxidation sites excluding steroid dienone is 4. The van der Waals surface area contributed by atoms with Crippen molar-refractivity contribution in [1.29, 1.82) is 0 Å². The summed E-state index contributed by atoms with van der Waals surface area (Å²) in [5.74, 6) is 0.569. The van der Waals surface area contributed by atoms with E-state index in [-0.39, 0.29) is 0 Å². The van der Waals surface area contributed by atoms with Crippen molar-refractivity contribution >= 4 is 49.3 Å². The van der Waals surface area contributed by atoms with E-state index in [1.54, 1.807) is 0 Å². The predicted molar refractivity (Wildman–Crippen MR) is 172 cm³/mol. The first kappa shape index (κ1) is 23.6. The highest BCUT2D eigenvalue weighted by Gasteiger charge is 2.29. The summed E-state index contributed by atoms with van der Waals surface area (Å²) in [4.78, 5) is 0. The molecule has 1 aliphatic carbocycles. The van der Waals surface area contributed by atoms with Crippen LogP contribution < -0.4 is 0 Å². The van der Waals surface area contributed by atoms with Crippen molar-refractivity contribution in [2.75, 3.05) is 0 Å².